The van der Waals surface area contributed by atoms with Crippen molar-refractivity contribution in [3.05, 3.63) is 83.0 Å². The van der Waals surface area contributed by atoms with Gasteiger partial charge in [-0.1, -0.05) is 23.8 Å². The number of anilines is 3. The number of nitrogens with one attached hydrogen (secondary N) is 2. The van der Waals surface area contributed by atoms with Crippen LogP contribution in [0.5, 0.6) is 0 Å². The van der Waals surface area contributed by atoms with E-state index >= 15 is 0 Å². The molecule has 2 N–H and O–H groups in total. The number of nitrogens with zero attached hydrogens (tertiary/aromatic N) is 1. The number of aryl methyl sites for hydroxylation is 2. The Morgan fingerprint density at radius 2 is 1.79 bits per heavy atom. The van der Waals surface area contributed by atoms with Crippen molar-refractivity contribution in [2.24, 2.45) is 0 Å². The van der Waals surface area contributed by atoms with Crippen LogP contribution in [0.3, 0.4) is 0 Å². The summed E-state index contributed by atoms with van der Waals surface area (Å²) in [5.41, 5.74) is 4.48. The van der Waals surface area contributed by atoms with Gasteiger partial charge in [-0.05, 0) is 55.8 Å². The summed E-state index contributed by atoms with van der Waals surface area (Å²) in [5, 5.41) is 6.02. The molecule has 0 radical (unpaired) electrons. The molecule has 28 heavy (non-hydrogen) atoms. The smallest absolute Gasteiger partial charge is 0.337 e. The first-order valence-electron chi connectivity index (χ1n) is 8.76. The zero-order chi connectivity index (χ0) is 20.1. The molecule has 6 nitrogen and oxygen atoms in total. The number of carbonyl (C=O) groups excluding carboxylic acids is 2. The topological polar surface area (TPSA) is 80.3 Å². The standard InChI is InChI=1S/C22H21N3O3/c1-14-7-8-19(15(2)11-14)25-21(26)16-9-10-23-20(13-16)24-18-6-4-5-17(12-18)22(27)28-3/h4-13H,1-3H3,(H,23,24)(H,25,26). The molecule has 142 valence electrons. The van der Waals surface area contributed by atoms with Gasteiger partial charge in [0.05, 0.1) is 12.7 Å². The average Bonchev–Trinajstić information content (AvgIpc) is 2.70. The minimum Gasteiger partial charge on any atom is -0.465 e. The van der Waals surface area contributed by atoms with E-state index < -0.39 is 5.97 Å². The van der Waals surface area contributed by atoms with Gasteiger partial charge < -0.3 is 15.4 Å². The zero-order valence-corrected chi connectivity index (χ0v) is 15.9. The van der Waals surface area contributed by atoms with Crippen molar-refractivity contribution in [1.82, 2.24) is 4.98 Å². The van der Waals surface area contributed by atoms with Gasteiger partial charge in [-0.2, -0.15) is 0 Å². The zero-order valence-electron chi connectivity index (χ0n) is 15.9. The minimum atomic E-state index is -0.418. The number of benzene rings is 2. The molecule has 2 aromatic carbocycles. The summed E-state index contributed by atoms with van der Waals surface area (Å²) < 4.78 is 4.73. The molecule has 0 saturated carbocycles. The molecule has 0 unspecified atom stereocenters. The van der Waals surface area contributed by atoms with E-state index in [2.05, 4.69) is 15.6 Å². The maximum absolute atomic E-state index is 12.6. The van der Waals surface area contributed by atoms with E-state index in [1.165, 1.54) is 7.11 Å². The van der Waals surface area contributed by atoms with E-state index in [-0.39, 0.29) is 5.91 Å². The van der Waals surface area contributed by atoms with Crippen molar-refractivity contribution in [2.45, 2.75) is 13.8 Å². The van der Waals surface area contributed by atoms with Gasteiger partial charge in [0.2, 0.25) is 0 Å². The summed E-state index contributed by atoms with van der Waals surface area (Å²) in [4.78, 5) is 28.5. The lowest BCUT2D eigenvalue weighted by atomic mass is 10.1. The van der Waals surface area contributed by atoms with Gasteiger partial charge in [-0.3, -0.25) is 4.79 Å². The van der Waals surface area contributed by atoms with Crippen LogP contribution in [0.4, 0.5) is 17.2 Å². The molecule has 0 aliphatic heterocycles. The highest BCUT2D eigenvalue weighted by molar-refractivity contribution is 6.05. The highest BCUT2D eigenvalue weighted by atomic mass is 16.5. The summed E-state index contributed by atoms with van der Waals surface area (Å²) in [5.74, 6) is -0.144. The normalized spacial score (nSPS) is 10.2. The first kappa shape index (κ1) is 19.1. The number of aromatic nitrogens is 1. The number of hydrogen-bond donors (Lipinski definition) is 2. The molecule has 3 aromatic rings. The molecule has 0 saturated heterocycles. The van der Waals surface area contributed by atoms with Crippen molar-refractivity contribution in [2.75, 3.05) is 17.7 Å². The Morgan fingerprint density at radius 1 is 0.964 bits per heavy atom. The molecule has 0 atom stereocenters. The lowest BCUT2D eigenvalue weighted by Crippen LogP contribution is -2.13. The summed E-state index contributed by atoms with van der Waals surface area (Å²) in [6, 6.07) is 16.0. The Kier molecular flexibility index (Phi) is 5.69. The van der Waals surface area contributed by atoms with Crippen molar-refractivity contribution in [3.8, 4) is 0 Å². The molecule has 0 aliphatic carbocycles. The molecule has 1 amide bonds. The lowest BCUT2D eigenvalue weighted by Gasteiger charge is -2.11. The maximum Gasteiger partial charge on any atom is 0.337 e. The molecule has 0 aliphatic rings. The van der Waals surface area contributed by atoms with Crippen molar-refractivity contribution in [1.29, 1.82) is 0 Å². The van der Waals surface area contributed by atoms with Crippen LogP contribution >= 0.6 is 0 Å². The molecule has 0 spiro atoms. The Labute approximate surface area is 163 Å². The quantitative estimate of drug-likeness (QED) is 0.643. The summed E-state index contributed by atoms with van der Waals surface area (Å²) in [7, 11) is 1.34. The second-order valence-corrected chi connectivity index (χ2v) is 6.40. The molecule has 3 rings (SSSR count). The van der Waals surface area contributed by atoms with Gasteiger partial charge >= 0.3 is 5.97 Å². The second kappa shape index (κ2) is 8.35. The van der Waals surface area contributed by atoms with Crippen LogP contribution in [0.15, 0.2) is 60.8 Å². The molecular weight excluding hydrogens is 354 g/mol. The van der Waals surface area contributed by atoms with E-state index in [9.17, 15) is 9.59 Å². The number of rotatable bonds is 5. The number of pyridine rings is 1. The van der Waals surface area contributed by atoms with E-state index in [1.807, 2.05) is 32.0 Å². The Hall–Kier alpha value is -3.67. The highest BCUT2D eigenvalue weighted by Gasteiger charge is 2.10. The number of amides is 1. The van der Waals surface area contributed by atoms with Crippen molar-refractivity contribution >= 4 is 29.1 Å². The summed E-state index contributed by atoms with van der Waals surface area (Å²) in [6.45, 7) is 3.96. The van der Waals surface area contributed by atoms with Gasteiger partial charge in [0, 0.05) is 23.1 Å². The highest BCUT2D eigenvalue weighted by Crippen LogP contribution is 2.20. The fourth-order valence-corrected chi connectivity index (χ4v) is 2.78. The number of methoxy groups -OCH3 is 1. The number of ether oxygens (including phenoxy) is 1. The summed E-state index contributed by atoms with van der Waals surface area (Å²) in [6.07, 6.45) is 1.56. The van der Waals surface area contributed by atoms with Gasteiger partial charge in [-0.25, -0.2) is 9.78 Å². The maximum atomic E-state index is 12.6. The van der Waals surface area contributed by atoms with Crippen LogP contribution < -0.4 is 10.6 Å². The third kappa shape index (κ3) is 4.54. The summed E-state index contributed by atoms with van der Waals surface area (Å²) >= 11 is 0. The van der Waals surface area contributed by atoms with Crippen LogP contribution in [0.1, 0.15) is 31.8 Å². The van der Waals surface area contributed by atoms with Crippen LogP contribution in [-0.2, 0) is 4.74 Å². The van der Waals surface area contributed by atoms with Gasteiger partial charge in [0.25, 0.3) is 5.91 Å². The minimum absolute atomic E-state index is 0.222. The van der Waals surface area contributed by atoms with Crippen LogP contribution in [-0.4, -0.2) is 24.0 Å². The van der Waals surface area contributed by atoms with Crippen molar-refractivity contribution in [3.63, 3.8) is 0 Å². The number of esters is 1. The largest absolute Gasteiger partial charge is 0.465 e. The Balaban J connectivity index is 1.77. The first-order valence-corrected chi connectivity index (χ1v) is 8.76. The fraction of sp³-hybridized carbons (Fsp3) is 0.136. The van der Waals surface area contributed by atoms with E-state index in [1.54, 1.807) is 42.6 Å². The van der Waals surface area contributed by atoms with Crippen LogP contribution in [0.25, 0.3) is 0 Å². The monoisotopic (exact) mass is 375 g/mol. The van der Waals surface area contributed by atoms with Gasteiger partial charge in [0.15, 0.2) is 0 Å². The predicted molar refractivity (Wildman–Crippen MR) is 109 cm³/mol. The lowest BCUT2D eigenvalue weighted by molar-refractivity contribution is 0.0600. The molecule has 1 heterocycles. The molecule has 0 bridgehead atoms. The Bertz CT molecular complexity index is 1030. The fourth-order valence-electron chi connectivity index (χ4n) is 2.78. The first-order chi connectivity index (χ1) is 13.5. The van der Waals surface area contributed by atoms with Crippen molar-refractivity contribution < 1.29 is 14.3 Å². The number of hydrogen-bond acceptors (Lipinski definition) is 5. The van der Waals surface area contributed by atoms with Crippen LogP contribution in [0.2, 0.25) is 0 Å². The predicted octanol–water partition coefficient (Wildman–Crippen LogP) is 4.48. The van der Waals surface area contributed by atoms with E-state index in [0.29, 0.717) is 22.6 Å². The average molecular weight is 375 g/mol. The van der Waals surface area contributed by atoms with E-state index in [4.69, 9.17) is 4.74 Å². The molecular formula is C22H21N3O3. The molecule has 6 heteroatoms. The third-order valence-electron chi connectivity index (χ3n) is 4.21. The van der Waals surface area contributed by atoms with Crippen LogP contribution in [0, 0.1) is 13.8 Å². The SMILES string of the molecule is COC(=O)c1cccc(Nc2cc(C(=O)Nc3ccc(C)cc3C)ccn2)c1. The number of carbonyl (C=O) groups is 2. The molecule has 0 fully saturated rings. The Morgan fingerprint density at radius 3 is 2.54 bits per heavy atom. The van der Waals surface area contributed by atoms with E-state index in [0.717, 1.165) is 16.8 Å². The second-order valence-electron chi connectivity index (χ2n) is 6.40. The van der Waals surface area contributed by atoms with Gasteiger partial charge in [0.1, 0.15) is 5.82 Å². The molecule has 1 aromatic heterocycles. The third-order valence-corrected chi connectivity index (χ3v) is 4.21. The van der Waals surface area contributed by atoms with Gasteiger partial charge in [-0.15, -0.1) is 0 Å².